The van der Waals surface area contributed by atoms with Crippen molar-refractivity contribution in [3.05, 3.63) is 86.4 Å². The Balaban J connectivity index is 0.000000273. The Hall–Kier alpha value is -3.54. The van der Waals surface area contributed by atoms with Gasteiger partial charge in [-0.2, -0.15) is 13.2 Å². The lowest BCUT2D eigenvalue weighted by atomic mass is 10.1. The molecule has 0 radical (unpaired) electrons. The molecule has 3 saturated carbocycles. The lowest BCUT2D eigenvalue weighted by molar-refractivity contribution is -0.173. The van der Waals surface area contributed by atoms with Gasteiger partial charge in [-0.25, -0.2) is 9.59 Å². The van der Waals surface area contributed by atoms with Crippen molar-refractivity contribution in [2.75, 3.05) is 37.3 Å². The van der Waals surface area contributed by atoms with Crippen LogP contribution in [0, 0.1) is 35.5 Å². The minimum Gasteiger partial charge on any atom is -0.508 e. The summed E-state index contributed by atoms with van der Waals surface area (Å²) in [6.07, 6.45) is -2.95. The quantitative estimate of drug-likeness (QED) is 0.0820. The second-order valence-corrected chi connectivity index (χ2v) is 24.0. The van der Waals surface area contributed by atoms with Crippen molar-refractivity contribution in [2.45, 2.75) is 137 Å². The summed E-state index contributed by atoms with van der Waals surface area (Å²) in [5.74, 6) is 3.06. The maximum absolute atomic E-state index is 12.2. The Morgan fingerprint density at radius 1 is 0.597 bits per heavy atom. The summed E-state index contributed by atoms with van der Waals surface area (Å²) in [5.41, 5.74) is 1.92. The van der Waals surface area contributed by atoms with Gasteiger partial charge in [0.2, 0.25) is 0 Å². The number of rotatable bonds is 16. The number of phenolic OH excluding ortho intramolecular Hbond substituents is 1. The highest BCUT2D eigenvalue weighted by Gasteiger charge is 2.44. The van der Waals surface area contributed by atoms with Crippen molar-refractivity contribution < 1.29 is 51.6 Å². The van der Waals surface area contributed by atoms with Crippen molar-refractivity contribution in [1.82, 2.24) is 16.0 Å². The fraction of sp³-hybridized carbons (Fsp3) is 0.611. The van der Waals surface area contributed by atoms with Crippen molar-refractivity contribution in [1.29, 1.82) is 0 Å². The van der Waals surface area contributed by atoms with E-state index < -0.39 is 29.4 Å². The van der Waals surface area contributed by atoms with E-state index in [1.54, 1.807) is 36.4 Å². The van der Waals surface area contributed by atoms with Crippen molar-refractivity contribution in [3.8, 4) is 17.2 Å². The van der Waals surface area contributed by atoms with Crippen LogP contribution in [-0.2, 0) is 14.3 Å². The van der Waals surface area contributed by atoms with Gasteiger partial charge in [0.1, 0.15) is 28.5 Å². The molecule has 3 aliphatic rings. The molecule has 3 aromatic carbocycles. The van der Waals surface area contributed by atoms with Gasteiger partial charge in [-0.15, -0.1) is 0 Å². The van der Waals surface area contributed by atoms with E-state index in [0.29, 0.717) is 83.1 Å². The molecule has 18 heteroatoms. The lowest BCUT2D eigenvalue weighted by Crippen LogP contribution is -2.37. The first-order chi connectivity index (χ1) is 33.4. The van der Waals surface area contributed by atoms with Gasteiger partial charge in [0, 0.05) is 39.1 Å². The van der Waals surface area contributed by atoms with Gasteiger partial charge in [-0.05, 0) is 185 Å². The molecule has 3 aromatic rings. The normalized spacial score (nSPS) is 19.8. The molecule has 6 unspecified atom stereocenters. The minimum absolute atomic E-state index is 0.000849. The smallest absolute Gasteiger partial charge is 0.471 e. The van der Waals surface area contributed by atoms with Gasteiger partial charge < -0.3 is 40.0 Å². The number of benzene rings is 3. The SMILES string of the molecule is CC(C)(C)OC(=O)NCC1CC1c1cc(Cl)ccc1O.CC(C)CI.CC(C)COc1ccc(Cl)cc1C1CC1CNC(=O)C(F)(F)F.CC(C)COc1ccc(Cl)cc1C1CC1CNC(=O)OC(C)(C)C. The summed E-state index contributed by atoms with van der Waals surface area (Å²) in [7, 11) is 0. The fourth-order valence-corrected chi connectivity index (χ4v) is 7.70. The van der Waals surface area contributed by atoms with Crippen LogP contribution in [0.5, 0.6) is 17.2 Å². The first-order valence-electron chi connectivity index (χ1n) is 24.5. The zero-order valence-corrected chi connectivity index (χ0v) is 48.1. The molecular weight excluding hydrogens is 1110 g/mol. The predicted octanol–water partition coefficient (Wildman–Crippen LogP) is 14.9. The van der Waals surface area contributed by atoms with Gasteiger partial charge in [0.25, 0.3) is 0 Å². The summed E-state index contributed by atoms with van der Waals surface area (Å²) in [6.45, 7) is 26.2. The molecular formula is C54H76Cl3F3IN3O8. The summed E-state index contributed by atoms with van der Waals surface area (Å²) in [5, 5.41) is 19.3. The Kier molecular flexibility index (Phi) is 24.7. The zero-order chi connectivity index (χ0) is 54.3. The molecule has 404 valence electrons. The number of hydrogen-bond donors (Lipinski definition) is 4. The van der Waals surface area contributed by atoms with Gasteiger partial charge in [0.15, 0.2) is 0 Å². The number of carbonyl (C=O) groups is 3. The average molecular weight is 1190 g/mol. The van der Waals surface area contributed by atoms with E-state index in [1.807, 2.05) is 78.9 Å². The standard InChI is InChI=1S/C19H28ClNO3.C16H19ClF3NO2.C15H20ClNO3.C4H9I/c1-12(2)11-23-17-7-6-14(20)9-16(17)15-8-13(15)10-21-18(22)24-19(3,4)5;1-9(2)8-23-14-4-3-11(17)6-13(14)12-5-10(12)7-21-15(22)16(18,19)20;1-15(2,3)20-14(19)17-8-9-6-11(9)12-7-10(16)4-5-13(12)18;1-4(2)3-5/h6-7,9,12-13,15H,8,10-11H2,1-5H3,(H,21,22);3-4,6,9-10,12H,5,7-8H2,1-2H3,(H,21,22);4-5,7,9,11,18H,6,8H2,1-3H3,(H,17,19);4H,3H2,1-2H3. The number of alkyl halides is 4. The van der Waals surface area contributed by atoms with Crippen LogP contribution in [0.2, 0.25) is 15.1 Å². The molecule has 6 atom stereocenters. The van der Waals surface area contributed by atoms with Crippen LogP contribution < -0.4 is 25.4 Å². The van der Waals surface area contributed by atoms with Crippen LogP contribution in [0.3, 0.4) is 0 Å². The third kappa shape index (κ3) is 24.2. The number of nitrogens with one attached hydrogen (secondary N) is 3. The van der Waals surface area contributed by atoms with E-state index in [2.05, 4.69) is 60.9 Å². The van der Waals surface area contributed by atoms with Crippen LogP contribution >= 0.6 is 57.4 Å². The van der Waals surface area contributed by atoms with Crippen LogP contribution in [-0.4, -0.2) is 77.9 Å². The topological polar surface area (TPSA) is 144 Å². The maximum atomic E-state index is 12.2. The molecule has 0 aromatic heterocycles. The number of halogens is 7. The highest BCUT2D eigenvalue weighted by Crippen LogP contribution is 2.52. The first kappa shape index (κ1) is 62.8. The number of amides is 3. The van der Waals surface area contributed by atoms with Crippen molar-refractivity contribution in [3.63, 3.8) is 0 Å². The van der Waals surface area contributed by atoms with Crippen LogP contribution in [0.25, 0.3) is 0 Å². The Morgan fingerprint density at radius 2 is 0.931 bits per heavy atom. The van der Waals surface area contributed by atoms with Gasteiger partial charge >= 0.3 is 24.3 Å². The van der Waals surface area contributed by atoms with E-state index in [1.165, 1.54) is 4.43 Å². The number of alkyl carbamates (subject to hydrolysis) is 2. The molecule has 3 aliphatic carbocycles. The summed E-state index contributed by atoms with van der Waals surface area (Å²) in [4.78, 5) is 34.2. The number of hydrogen-bond acceptors (Lipinski definition) is 8. The molecule has 3 fully saturated rings. The third-order valence-corrected chi connectivity index (χ3v) is 13.4. The molecule has 3 amide bonds. The molecule has 4 N–H and O–H groups in total. The largest absolute Gasteiger partial charge is 0.508 e. The molecule has 0 bridgehead atoms. The molecule has 0 heterocycles. The second-order valence-electron chi connectivity index (χ2n) is 21.8. The van der Waals surface area contributed by atoms with Crippen LogP contribution in [0.1, 0.15) is 137 Å². The summed E-state index contributed by atoms with van der Waals surface area (Å²) < 4.78 is 60.0. The summed E-state index contributed by atoms with van der Waals surface area (Å²) in [6, 6.07) is 16.1. The van der Waals surface area contributed by atoms with E-state index >= 15 is 0 Å². The van der Waals surface area contributed by atoms with Gasteiger partial charge in [0.05, 0.1) is 13.2 Å². The zero-order valence-electron chi connectivity index (χ0n) is 43.7. The second kappa shape index (κ2) is 28.4. The average Bonchev–Trinajstić information content (AvgIpc) is 4.17. The maximum Gasteiger partial charge on any atom is 0.471 e. The number of phenols is 1. The number of carbonyl (C=O) groups excluding carboxylic acids is 3. The molecule has 0 spiro atoms. The Bertz CT molecular complexity index is 2220. The summed E-state index contributed by atoms with van der Waals surface area (Å²) >= 11 is 20.5. The minimum atomic E-state index is -4.84. The van der Waals surface area contributed by atoms with E-state index in [-0.39, 0.29) is 36.1 Å². The fourth-order valence-electron chi connectivity index (χ4n) is 7.16. The highest BCUT2D eigenvalue weighted by molar-refractivity contribution is 14.1. The Morgan fingerprint density at radius 3 is 1.26 bits per heavy atom. The van der Waals surface area contributed by atoms with Gasteiger partial charge in [-0.3, -0.25) is 4.79 Å². The van der Waals surface area contributed by atoms with Crippen molar-refractivity contribution in [2.24, 2.45) is 35.5 Å². The lowest BCUT2D eigenvalue weighted by Gasteiger charge is -2.19. The molecule has 6 rings (SSSR count). The van der Waals surface area contributed by atoms with Crippen LogP contribution in [0.15, 0.2) is 54.6 Å². The van der Waals surface area contributed by atoms with E-state index in [4.69, 9.17) is 53.8 Å². The third-order valence-electron chi connectivity index (χ3n) is 10.9. The first-order valence-corrected chi connectivity index (χ1v) is 27.2. The monoisotopic (exact) mass is 1180 g/mol. The van der Waals surface area contributed by atoms with Crippen molar-refractivity contribution >= 4 is 75.5 Å². The van der Waals surface area contributed by atoms with E-state index in [0.717, 1.165) is 41.2 Å². The predicted molar refractivity (Wildman–Crippen MR) is 290 cm³/mol. The highest BCUT2D eigenvalue weighted by atomic mass is 127. The molecule has 11 nitrogen and oxygen atoms in total. The van der Waals surface area contributed by atoms with E-state index in [9.17, 15) is 32.7 Å². The molecule has 0 saturated heterocycles. The molecule has 0 aliphatic heterocycles. The number of ether oxygens (including phenoxy) is 4. The van der Waals surface area contributed by atoms with Gasteiger partial charge in [-0.1, -0.05) is 98.9 Å². The Labute approximate surface area is 454 Å². The molecule has 72 heavy (non-hydrogen) atoms. The number of aromatic hydroxyl groups is 1. The van der Waals surface area contributed by atoms with Crippen LogP contribution in [0.4, 0.5) is 22.8 Å².